The standard InChI is InChI=1S/C11H11N3O2/c15-11(14-4-1-5-16-14)8-2-3-9-7-12-13-10(9)6-8/h2-3,6-7H,1,4-5H2,(H,12,13). The Kier molecular flexibility index (Phi) is 2.11. The zero-order valence-corrected chi connectivity index (χ0v) is 8.64. The molecular formula is C11H11N3O2. The molecular weight excluding hydrogens is 206 g/mol. The molecule has 3 rings (SSSR count). The van der Waals surface area contributed by atoms with Gasteiger partial charge in [0.2, 0.25) is 0 Å². The minimum absolute atomic E-state index is 0.0889. The van der Waals surface area contributed by atoms with Crippen LogP contribution in [-0.2, 0) is 4.84 Å². The Hall–Kier alpha value is -1.88. The van der Waals surface area contributed by atoms with Crippen molar-refractivity contribution in [2.45, 2.75) is 6.42 Å². The van der Waals surface area contributed by atoms with Crippen LogP contribution in [0, 0.1) is 0 Å². The van der Waals surface area contributed by atoms with Gasteiger partial charge in [0.1, 0.15) is 0 Å². The van der Waals surface area contributed by atoms with Gasteiger partial charge in [-0.05, 0) is 18.6 Å². The maximum absolute atomic E-state index is 12.0. The van der Waals surface area contributed by atoms with Gasteiger partial charge in [-0.2, -0.15) is 5.10 Å². The number of hydrogen-bond acceptors (Lipinski definition) is 3. The lowest BCUT2D eigenvalue weighted by atomic mass is 10.1. The molecule has 1 aromatic carbocycles. The molecule has 0 aliphatic carbocycles. The summed E-state index contributed by atoms with van der Waals surface area (Å²) in [5.41, 5.74) is 1.49. The zero-order chi connectivity index (χ0) is 11.0. The first-order valence-corrected chi connectivity index (χ1v) is 5.22. The van der Waals surface area contributed by atoms with Crippen LogP contribution in [0.3, 0.4) is 0 Å². The van der Waals surface area contributed by atoms with Gasteiger partial charge in [0.15, 0.2) is 0 Å². The summed E-state index contributed by atoms with van der Waals surface area (Å²) < 4.78 is 0. The Morgan fingerprint density at radius 2 is 2.44 bits per heavy atom. The number of aromatic nitrogens is 2. The molecule has 5 nitrogen and oxygen atoms in total. The van der Waals surface area contributed by atoms with E-state index < -0.39 is 0 Å². The van der Waals surface area contributed by atoms with Crippen molar-refractivity contribution in [3.8, 4) is 0 Å². The monoisotopic (exact) mass is 217 g/mol. The fourth-order valence-corrected chi connectivity index (χ4v) is 1.82. The molecule has 2 aromatic rings. The first kappa shape index (κ1) is 9.35. The highest BCUT2D eigenvalue weighted by molar-refractivity contribution is 5.97. The number of amides is 1. The van der Waals surface area contributed by atoms with Crippen molar-refractivity contribution in [3.05, 3.63) is 30.0 Å². The van der Waals surface area contributed by atoms with E-state index in [2.05, 4.69) is 10.2 Å². The molecule has 1 N–H and O–H groups in total. The van der Waals surface area contributed by atoms with Crippen LogP contribution in [0.1, 0.15) is 16.8 Å². The van der Waals surface area contributed by atoms with Gasteiger partial charge >= 0.3 is 0 Å². The first-order valence-electron chi connectivity index (χ1n) is 5.22. The van der Waals surface area contributed by atoms with Crippen molar-refractivity contribution < 1.29 is 9.63 Å². The Morgan fingerprint density at radius 3 is 3.25 bits per heavy atom. The van der Waals surface area contributed by atoms with E-state index in [-0.39, 0.29) is 5.91 Å². The molecule has 0 atom stereocenters. The van der Waals surface area contributed by atoms with Gasteiger partial charge in [-0.15, -0.1) is 0 Å². The largest absolute Gasteiger partial charge is 0.278 e. The van der Waals surface area contributed by atoms with Crippen molar-refractivity contribution in [3.63, 3.8) is 0 Å². The maximum Gasteiger partial charge on any atom is 0.277 e. The summed E-state index contributed by atoms with van der Waals surface area (Å²) in [6, 6.07) is 5.47. The van der Waals surface area contributed by atoms with Crippen LogP contribution >= 0.6 is 0 Å². The Bertz CT molecular complexity index is 529. The van der Waals surface area contributed by atoms with Crippen molar-refractivity contribution in [1.29, 1.82) is 0 Å². The van der Waals surface area contributed by atoms with Crippen LogP contribution in [0.4, 0.5) is 0 Å². The maximum atomic E-state index is 12.0. The molecule has 1 aliphatic rings. The highest BCUT2D eigenvalue weighted by Gasteiger charge is 2.20. The molecule has 1 fully saturated rings. The van der Waals surface area contributed by atoms with Crippen LogP contribution in [-0.4, -0.2) is 34.3 Å². The second-order valence-corrected chi connectivity index (χ2v) is 3.77. The quantitative estimate of drug-likeness (QED) is 0.784. The van der Waals surface area contributed by atoms with E-state index >= 15 is 0 Å². The highest BCUT2D eigenvalue weighted by Crippen LogP contribution is 2.16. The lowest BCUT2D eigenvalue weighted by Gasteiger charge is -2.13. The second kappa shape index (κ2) is 3.61. The van der Waals surface area contributed by atoms with E-state index in [9.17, 15) is 4.79 Å². The van der Waals surface area contributed by atoms with Crippen molar-refractivity contribution in [1.82, 2.24) is 15.3 Å². The summed E-state index contributed by atoms with van der Waals surface area (Å²) in [6.07, 6.45) is 2.63. The molecule has 16 heavy (non-hydrogen) atoms. The Morgan fingerprint density at radius 1 is 1.50 bits per heavy atom. The van der Waals surface area contributed by atoms with E-state index in [0.29, 0.717) is 18.7 Å². The SMILES string of the molecule is O=C(c1ccc2cn[nH]c2c1)N1CCCO1. The van der Waals surface area contributed by atoms with Crippen LogP contribution in [0.25, 0.3) is 10.9 Å². The molecule has 1 aromatic heterocycles. The third-order valence-corrected chi connectivity index (χ3v) is 2.67. The van der Waals surface area contributed by atoms with E-state index in [4.69, 9.17) is 4.84 Å². The average Bonchev–Trinajstić information content (AvgIpc) is 2.98. The van der Waals surface area contributed by atoms with Crippen molar-refractivity contribution in [2.24, 2.45) is 0 Å². The van der Waals surface area contributed by atoms with Crippen LogP contribution in [0.15, 0.2) is 24.4 Å². The van der Waals surface area contributed by atoms with E-state index in [1.807, 2.05) is 6.07 Å². The number of carbonyl (C=O) groups excluding carboxylic acids is 1. The molecule has 0 spiro atoms. The normalized spacial score (nSPS) is 15.9. The molecule has 5 heteroatoms. The number of carbonyl (C=O) groups is 1. The number of aromatic amines is 1. The summed E-state index contributed by atoms with van der Waals surface area (Å²) >= 11 is 0. The average molecular weight is 217 g/mol. The third kappa shape index (κ3) is 1.45. The molecule has 1 aliphatic heterocycles. The summed E-state index contributed by atoms with van der Waals surface area (Å²) in [6.45, 7) is 1.29. The summed E-state index contributed by atoms with van der Waals surface area (Å²) in [4.78, 5) is 17.2. The molecule has 2 heterocycles. The molecule has 82 valence electrons. The fraction of sp³-hybridized carbons (Fsp3) is 0.273. The topological polar surface area (TPSA) is 58.2 Å². The Balaban J connectivity index is 1.95. The minimum atomic E-state index is -0.0889. The number of rotatable bonds is 1. The predicted octanol–water partition coefficient (Wildman–Crippen LogP) is 1.34. The summed E-state index contributed by atoms with van der Waals surface area (Å²) in [5.74, 6) is -0.0889. The Labute approximate surface area is 92.0 Å². The zero-order valence-electron chi connectivity index (χ0n) is 8.64. The highest BCUT2D eigenvalue weighted by atomic mass is 16.7. The van der Waals surface area contributed by atoms with Gasteiger partial charge < -0.3 is 0 Å². The molecule has 0 unspecified atom stereocenters. The number of benzene rings is 1. The molecule has 0 saturated carbocycles. The molecule has 0 radical (unpaired) electrons. The molecule has 0 bridgehead atoms. The number of H-pyrrole nitrogens is 1. The second-order valence-electron chi connectivity index (χ2n) is 3.77. The number of nitrogens with one attached hydrogen (secondary N) is 1. The van der Waals surface area contributed by atoms with Crippen LogP contribution < -0.4 is 0 Å². The van der Waals surface area contributed by atoms with Gasteiger partial charge in [-0.3, -0.25) is 14.7 Å². The first-order chi connectivity index (χ1) is 7.84. The van der Waals surface area contributed by atoms with Gasteiger partial charge in [-0.25, -0.2) is 5.06 Å². The molecule has 1 amide bonds. The number of fused-ring (bicyclic) bond motifs is 1. The summed E-state index contributed by atoms with van der Waals surface area (Å²) in [5, 5.41) is 9.18. The number of hydrogen-bond donors (Lipinski definition) is 1. The predicted molar refractivity (Wildman–Crippen MR) is 57.7 cm³/mol. The van der Waals surface area contributed by atoms with E-state index in [0.717, 1.165) is 17.3 Å². The smallest absolute Gasteiger partial charge is 0.277 e. The lowest BCUT2D eigenvalue weighted by molar-refractivity contribution is -0.0768. The van der Waals surface area contributed by atoms with E-state index in [1.54, 1.807) is 18.3 Å². The summed E-state index contributed by atoms with van der Waals surface area (Å²) in [7, 11) is 0. The van der Waals surface area contributed by atoms with E-state index in [1.165, 1.54) is 5.06 Å². The molecule has 1 saturated heterocycles. The lowest BCUT2D eigenvalue weighted by Crippen LogP contribution is -2.26. The number of hydroxylamine groups is 2. The van der Waals surface area contributed by atoms with Crippen LogP contribution in [0.2, 0.25) is 0 Å². The van der Waals surface area contributed by atoms with Gasteiger partial charge in [-0.1, -0.05) is 6.07 Å². The van der Waals surface area contributed by atoms with Crippen LogP contribution in [0.5, 0.6) is 0 Å². The minimum Gasteiger partial charge on any atom is -0.278 e. The fourth-order valence-electron chi connectivity index (χ4n) is 1.82. The van der Waals surface area contributed by atoms with Gasteiger partial charge in [0.25, 0.3) is 5.91 Å². The van der Waals surface area contributed by atoms with Gasteiger partial charge in [0.05, 0.1) is 24.9 Å². The third-order valence-electron chi connectivity index (χ3n) is 2.67. The number of nitrogens with zero attached hydrogens (tertiary/aromatic N) is 2. The van der Waals surface area contributed by atoms with Crippen molar-refractivity contribution >= 4 is 16.8 Å². The van der Waals surface area contributed by atoms with Crippen molar-refractivity contribution in [2.75, 3.05) is 13.2 Å². The van der Waals surface area contributed by atoms with Gasteiger partial charge in [0, 0.05) is 10.9 Å².